The Hall–Kier alpha value is -3.26. The van der Waals surface area contributed by atoms with Crippen LogP contribution in [0, 0.1) is 0 Å². The number of rotatable bonds is 28. The Morgan fingerprint density at radius 2 is 0.940 bits per heavy atom. The van der Waals surface area contributed by atoms with Gasteiger partial charge in [-0.05, 0) is 103 Å². The molecule has 8 N–H and O–H groups in total. The maximum atomic E-state index is 11.2. The number of nitrogens with two attached hydrogens (primary N) is 2. The molecule has 0 aromatic carbocycles. The highest BCUT2D eigenvalue weighted by Crippen LogP contribution is 2.04. The summed E-state index contributed by atoms with van der Waals surface area (Å²) in [6.45, 7) is 11.5. The van der Waals surface area contributed by atoms with Gasteiger partial charge in [-0.3, -0.25) is 19.2 Å². The van der Waals surface area contributed by atoms with Gasteiger partial charge in [0.2, 0.25) is 11.8 Å². The molecule has 16 nitrogen and oxygen atoms in total. The summed E-state index contributed by atoms with van der Waals surface area (Å²) in [5, 5.41) is 18.3. The lowest BCUT2D eigenvalue weighted by molar-refractivity contribution is -0.121. The van der Waals surface area contributed by atoms with Gasteiger partial charge in [-0.1, -0.05) is 49.8 Å². The number of nitrogens with zero attached hydrogens (tertiary/aromatic N) is 6. The summed E-state index contributed by atoms with van der Waals surface area (Å²) in [6, 6.07) is 0.0862. The molecule has 2 atom stereocenters. The second-order valence-corrected chi connectivity index (χ2v) is 11.3. The van der Waals surface area contributed by atoms with E-state index in [9.17, 15) is 19.2 Å². The van der Waals surface area contributed by atoms with E-state index in [2.05, 4.69) is 41.3 Å². The van der Waals surface area contributed by atoms with Crippen molar-refractivity contribution >= 4 is 23.4 Å². The van der Waals surface area contributed by atoms with Gasteiger partial charge in [0.15, 0.2) is 0 Å². The van der Waals surface area contributed by atoms with Crippen molar-refractivity contribution < 1.29 is 19.2 Å². The van der Waals surface area contributed by atoms with Crippen LogP contribution in [0.1, 0.15) is 130 Å². The summed E-state index contributed by atoms with van der Waals surface area (Å²) in [5.74, 6) is 0.807. The molecule has 0 saturated carbocycles. The van der Waals surface area contributed by atoms with Crippen molar-refractivity contribution in [1.29, 1.82) is 0 Å². The molecular weight excluding hydrogens is 640 g/mol. The summed E-state index contributed by atoms with van der Waals surface area (Å²) in [4.78, 5) is 49.7. The smallest absolute Gasteiger partial charge is 0.219 e. The Morgan fingerprint density at radius 1 is 0.580 bits per heavy atom. The van der Waals surface area contributed by atoms with Crippen molar-refractivity contribution in [2.45, 2.75) is 143 Å². The van der Waals surface area contributed by atoms with Crippen molar-refractivity contribution in [2.75, 3.05) is 53.4 Å². The quantitative estimate of drug-likeness (QED) is 0.0266. The Morgan fingerprint density at radius 3 is 1.20 bits per heavy atom. The molecule has 0 radical (unpaired) electrons. The van der Waals surface area contributed by atoms with E-state index in [1.807, 2.05) is 41.8 Å². The number of azide groups is 2. The molecule has 0 rings (SSSR count). The number of unbranched alkanes of at least 4 members (excludes halogenated alkanes) is 6. The fourth-order valence-electron chi connectivity index (χ4n) is 4.36. The van der Waals surface area contributed by atoms with Crippen molar-refractivity contribution in [2.24, 2.45) is 21.7 Å². The molecule has 0 saturated heterocycles. The van der Waals surface area contributed by atoms with Crippen molar-refractivity contribution in [3.05, 3.63) is 20.9 Å². The minimum atomic E-state index is 0.0431. The summed E-state index contributed by atoms with van der Waals surface area (Å²) < 4.78 is 0. The topological polar surface area (TPSA) is 266 Å². The average molecular weight is 713 g/mol. The highest BCUT2D eigenvalue weighted by atomic mass is 16.2. The third-order valence-corrected chi connectivity index (χ3v) is 7.26. The Labute approximate surface area is 302 Å². The molecule has 0 aromatic rings. The van der Waals surface area contributed by atoms with Crippen LogP contribution in [-0.2, 0) is 19.2 Å². The maximum absolute atomic E-state index is 11.2. The van der Waals surface area contributed by atoms with E-state index in [1.165, 1.54) is 0 Å². The molecule has 0 aliphatic carbocycles. The van der Waals surface area contributed by atoms with Crippen LogP contribution in [0.4, 0.5) is 0 Å². The van der Waals surface area contributed by atoms with Gasteiger partial charge in [0.05, 0.1) is 12.1 Å². The highest BCUT2D eigenvalue weighted by Gasteiger charge is 2.13. The van der Waals surface area contributed by atoms with E-state index in [-0.39, 0.29) is 23.9 Å². The van der Waals surface area contributed by atoms with Gasteiger partial charge in [-0.2, -0.15) is 0 Å². The number of carbonyl (C=O) groups excluding carboxylic acids is 4. The van der Waals surface area contributed by atoms with Crippen LogP contribution in [0.2, 0.25) is 0 Å². The highest BCUT2D eigenvalue weighted by molar-refractivity contribution is 5.84. The number of amides is 2. The van der Waals surface area contributed by atoms with Crippen LogP contribution in [-0.4, -0.2) is 88.8 Å². The molecule has 0 aromatic heterocycles. The second kappa shape index (κ2) is 45.7. The molecule has 0 fully saturated rings. The van der Waals surface area contributed by atoms with Crippen LogP contribution in [0.5, 0.6) is 0 Å². The number of hydrogen-bond acceptors (Lipinski definition) is 10. The molecule has 0 aliphatic rings. The molecule has 0 spiro atoms. The SMILES string of the molecule is CCC(=O)[C@H](CCCCN)NC.CCC(=O)[C@H](CCCCN)NC.CCNC(=O)CCCCCN=[N+]=[N-].CCNC(=O)CCCCCN=[N+]=[N-]. The number of nitrogens with one attached hydrogen (secondary N) is 4. The van der Waals surface area contributed by atoms with Crippen molar-refractivity contribution in [3.8, 4) is 0 Å². The first-order valence-corrected chi connectivity index (χ1v) is 18.5. The van der Waals surface area contributed by atoms with Gasteiger partial charge in [0.25, 0.3) is 0 Å². The molecule has 2 amide bonds. The fraction of sp³-hybridized carbons (Fsp3) is 0.882. The van der Waals surface area contributed by atoms with Gasteiger partial charge < -0.3 is 32.7 Å². The van der Waals surface area contributed by atoms with Gasteiger partial charge in [-0.15, -0.1) is 0 Å². The van der Waals surface area contributed by atoms with Gasteiger partial charge in [-0.25, -0.2) is 0 Å². The maximum Gasteiger partial charge on any atom is 0.219 e. The lowest BCUT2D eigenvalue weighted by Crippen LogP contribution is -2.33. The zero-order valence-corrected chi connectivity index (χ0v) is 32.2. The normalized spacial score (nSPS) is 10.9. The molecule has 50 heavy (non-hydrogen) atoms. The fourth-order valence-corrected chi connectivity index (χ4v) is 4.36. The van der Waals surface area contributed by atoms with Crippen LogP contribution in [0.3, 0.4) is 0 Å². The summed E-state index contributed by atoms with van der Waals surface area (Å²) >= 11 is 0. The number of Topliss-reactive ketones (excluding diaryl/α,β-unsaturated/α-hetero) is 2. The number of carbonyl (C=O) groups is 4. The summed E-state index contributed by atoms with van der Waals surface area (Å²) in [7, 11) is 3.67. The first-order chi connectivity index (χ1) is 24.1. The largest absolute Gasteiger partial charge is 0.356 e. The van der Waals surface area contributed by atoms with Crippen LogP contribution >= 0.6 is 0 Å². The lowest BCUT2D eigenvalue weighted by atomic mass is 10.0. The minimum absolute atomic E-state index is 0.0431. The zero-order chi connectivity index (χ0) is 38.7. The molecule has 0 heterocycles. The molecule has 0 unspecified atom stereocenters. The molecule has 292 valence electrons. The van der Waals surface area contributed by atoms with Crippen LogP contribution < -0.4 is 32.7 Å². The zero-order valence-electron chi connectivity index (χ0n) is 32.2. The van der Waals surface area contributed by atoms with E-state index in [1.54, 1.807) is 0 Å². The van der Waals surface area contributed by atoms with Crippen molar-refractivity contribution in [1.82, 2.24) is 21.3 Å². The Bertz CT molecular complexity index is 839. The van der Waals surface area contributed by atoms with Crippen molar-refractivity contribution in [3.63, 3.8) is 0 Å². The van der Waals surface area contributed by atoms with Gasteiger partial charge >= 0.3 is 0 Å². The number of ketones is 2. The summed E-state index contributed by atoms with van der Waals surface area (Å²) in [5.41, 5.74) is 26.7. The van der Waals surface area contributed by atoms with E-state index >= 15 is 0 Å². The third kappa shape index (κ3) is 42.8. The van der Waals surface area contributed by atoms with Crippen LogP contribution in [0.15, 0.2) is 10.2 Å². The van der Waals surface area contributed by atoms with Crippen LogP contribution in [0.25, 0.3) is 20.9 Å². The number of likely N-dealkylation sites (N-methyl/N-ethyl adjacent to an activating group) is 2. The predicted molar refractivity (Wildman–Crippen MR) is 204 cm³/mol. The van der Waals surface area contributed by atoms with E-state index in [0.29, 0.717) is 63.4 Å². The van der Waals surface area contributed by atoms with Gasteiger partial charge in [0, 0.05) is 61.7 Å². The van der Waals surface area contributed by atoms with Gasteiger partial charge in [0.1, 0.15) is 11.6 Å². The van der Waals surface area contributed by atoms with E-state index < -0.39 is 0 Å². The van der Waals surface area contributed by atoms with E-state index in [4.69, 9.17) is 22.5 Å². The molecule has 0 aliphatic heterocycles. The second-order valence-electron chi connectivity index (χ2n) is 11.3. The molecular formula is C34H72N12O4. The first-order valence-electron chi connectivity index (χ1n) is 18.5. The summed E-state index contributed by atoms with van der Waals surface area (Å²) in [6.07, 6.45) is 13.7. The average Bonchev–Trinajstić information content (AvgIpc) is 3.12. The third-order valence-electron chi connectivity index (χ3n) is 7.26. The standard InChI is InChI=1S/2C9H20N2O.2C8H16N4O/c2*1-3-9(12)8(11-2)6-4-5-7-10;2*1-2-10-8(13)6-4-3-5-7-11-12-9/h2*8,11H,3-7,10H2,1-2H3;2*2-7H2,1H3,(H,10,13)/t2*8-;;/m00../s1. The minimum Gasteiger partial charge on any atom is -0.356 e. The Balaban J connectivity index is -0.000000282. The molecule has 16 heteroatoms. The first kappa shape index (κ1) is 53.5. The molecule has 0 bridgehead atoms. The monoisotopic (exact) mass is 713 g/mol. The Kier molecular flexibility index (Phi) is 49.0. The predicted octanol–water partition coefficient (Wildman–Crippen LogP) is 5.35. The number of hydrogen-bond donors (Lipinski definition) is 6. The van der Waals surface area contributed by atoms with E-state index in [0.717, 1.165) is 90.1 Å². The lowest BCUT2D eigenvalue weighted by Gasteiger charge is -2.12.